The number of halogens is 1. The summed E-state index contributed by atoms with van der Waals surface area (Å²) >= 11 is 7.51. The Bertz CT molecular complexity index is 1400. The Labute approximate surface area is 213 Å². The van der Waals surface area contributed by atoms with E-state index >= 15 is 0 Å². The first kappa shape index (κ1) is 23.1. The van der Waals surface area contributed by atoms with Gasteiger partial charge in [-0.2, -0.15) is 0 Å². The van der Waals surface area contributed by atoms with Crippen LogP contribution in [0.1, 0.15) is 11.1 Å². The maximum absolute atomic E-state index is 12.5. The summed E-state index contributed by atoms with van der Waals surface area (Å²) in [6.45, 7) is 0.486. The maximum atomic E-state index is 12.5. The van der Waals surface area contributed by atoms with Gasteiger partial charge in [0.25, 0.3) is 5.91 Å². The van der Waals surface area contributed by atoms with Gasteiger partial charge in [-0.3, -0.25) is 4.79 Å². The SMILES string of the molecule is COc1ccc(Cl)cc1NC1NC(=O)/C(=C/c2ccc(OCc3cccc4ccccc34)cc2)S1. The molecule has 1 saturated heterocycles. The zero-order chi connectivity index (χ0) is 24.2. The van der Waals surface area contributed by atoms with Crippen LogP contribution in [0.3, 0.4) is 0 Å². The van der Waals surface area contributed by atoms with E-state index in [4.69, 9.17) is 21.1 Å². The molecule has 5 nitrogen and oxygen atoms in total. The monoisotopic (exact) mass is 502 g/mol. The lowest BCUT2D eigenvalue weighted by Crippen LogP contribution is -2.31. The highest BCUT2D eigenvalue weighted by molar-refractivity contribution is 8.05. The number of thioether (sulfide) groups is 1. The molecule has 1 amide bonds. The molecule has 35 heavy (non-hydrogen) atoms. The molecule has 1 heterocycles. The van der Waals surface area contributed by atoms with Crippen molar-refractivity contribution >= 4 is 51.8 Å². The number of benzene rings is 4. The highest BCUT2D eigenvalue weighted by Crippen LogP contribution is 2.34. The van der Waals surface area contributed by atoms with Crippen molar-refractivity contribution in [3.63, 3.8) is 0 Å². The van der Waals surface area contributed by atoms with Crippen LogP contribution in [0.15, 0.2) is 89.8 Å². The van der Waals surface area contributed by atoms with E-state index in [-0.39, 0.29) is 11.4 Å². The van der Waals surface area contributed by atoms with Crippen LogP contribution in [0.25, 0.3) is 16.8 Å². The van der Waals surface area contributed by atoms with Crippen molar-refractivity contribution in [2.45, 2.75) is 12.1 Å². The zero-order valence-corrected chi connectivity index (χ0v) is 20.5. The normalized spacial score (nSPS) is 16.3. The number of carbonyl (C=O) groups is 1. The molecule has 1 unspecified atom stereocenters. The molecule has 4 aromatic carbocycles. The summed E-state index contributed by atoms with van der Waals surface area (Å²) in [5, 5.41) is 9.17. The minimum absolute atomic E-state index is 0.134. The predicted octanol–water partition coefficient (Wildman–Crippen LogP) is 6.68. The largest absolute Gasteiger partial charge is 0.495 e. The molecule has 1 aliphatic heterocycles. The van der Waals surface area contributed by atoms with E-state index in [0.29, 0.717) is 28.0 Å². The average Bonchev–Trinajstić information content (AvgIpc) is 3.22. The van der Waals surface area contributed by atoms with Crippen LogP contribution in [0.5, 0.6) is 11.5 Å². The number of amides is 1. The van der Waals surface area contributed by atoms with Crippen LogP contribution >= 0.6 is 23.4 Å². The molecule has 1 aliphatic rings. The van der Waals surface area contributed by atoms with Gasteiger partial charge in [0.05, 0.1) is 17.7 Å². The topological polar surface area (TPSA) is 59.6 Å². The number of hydrogen-bond donors (Lipinski definition) is 2. The number of fused-ring (bicyclic) bond motifs is 1. The number of hydrogen-bond acceptors (Lipinski definition) is 5. The summed E-state index contributed by atoms with van der Waals surface area (Å²) in [5.74, 6) is 1.29. The molecular weight excluding hydrogens is 480 g/mol. The van der Waals surface area contributed by atoms with Crippen LogP contribution in [0, 0.1) is 0 Å². The molecule has 0 saturated carbocycles. The Morgan fingerprint density at radius 1 is 1.03 bits per heavy atom. The highest BCUT2D eigenvalue weighted by Gasteiger charge is 2.27. The second-order valence-electron chi connectivity index (χ2n) is 7.96. The molecule has 0 spiro atoms. The number of carbonyl (C=O) groups excluding carboxylic acids is 1. The van der Waals surface area contributed by atoms with Crippen LogP contribution in [0.4, 0.5) is 5.69 Å². The van der Waals surface area contributed by atoms with Crippen molar-refractivity contribution in [2.24, 2.45) is 0 Å². The van der Waals surface area contributed by atoms with Gasteiger partial charge in [-0.05, 0) is 58.3 Å². The van der Waals surface area contributed by atoms with E-state index in [2.05, 4.69) is 34.9 Å². The zero-order valence-electron chi connectivity index (χ0n) is 19.0. The maximum Gasteiger partial charge on any atom is 0.260 e. The van der Waals surface area contributed by atoms with E-state index in [0.717, 1.165) is 16.9 Å². The number of methoxy groups -OCH3 is 1. The Morgan fingerprint density at radius 3 is 2.66 bits per heavy atom. The lowest BCUT2D eigenvalue weighted by molar-refractivity contribution is -0.116. The van der Waals surface area contributed by atoms with E-state index in [1.165, 1.54) is 22.5 Å². The fourth-order valence-electron chi connectivity index (χ4n) is 3.89. The van der Waals surface area contributed by atoms with Crippen LogP contribution < -0.4 is 20.1 Å². The van der Waals surface area contributed by atoms with Gasteiger partial charge in [0.2, 0.25) is 0 Å². The van der Waals surface area contributed by atoms with Crippen molar-refractivity contribution in [1.82, 2.24) is 5.32 Å². The lowest BCUT2D eigenvalue weighted by Gasteiger charge is -2.15. The smallest absolute Gasteiger partial charge is 0.260 e. The molecule has 1 fully saturated rings. The first-order valence-electron chi connectivity index (χ1n) is 11.1. The van der Waals surface area contributed by atoms with Crippen molar-refractivity contribution in [3.05, 3.63) is 106 Å². The Morgan fingerprint density at radius 2 is 1.83 bits per heavy atom. The summed E-state index contributed by atoms with van der Waals surface area (Å²) in [5.41, 5.74) is 2.44. The van der Waals surface area contributed by atoms with Crippen LogP contribution in [0.2, 0.25) is 5.02 Å². The number of rotatable bonds is 7. The third-order valence-corrected chi connectivity index (χ3v) is 6.89. The molecule has 0 aromatic heterocycles. The summed E-state index contributed by atoms with van der Waals surface area (Å²) in [6, 6.07) is 27.6. The third kappa shape index (κ3) is 5.39. The molecule has 7 heteroatoms. The van der Waals surface area contributed by atoms with Gasteiger partial charge < -0.3 is 20.1 Å². The number of nitrogens with one attached hydrogen (secondary N) is 2. The first-order valence-corrected chi connectivity index (χ1v) is 12.3. The fourth-order valence-corrected chi connectivity index (χ4v) is 5.04. The molecule has 5 rings (SSSR count). The van der Waals surface area contributed by atoms with Crippen LogP contribution in [-0.4, -0.2) is 18.5 Å². The molecule has 2 N–H and O–H groups in total. The Kier molecular flexibility index (Phi) is 6.84. The van der Waals surface area contributed by atoms with Crippen molar-refractivity contribution in [1.29, 1.82) is 0 Å². The minimum atomic E-state index is -0.329. The van der Waals surface area contributed by atoms with Gasteiger partial charge in [0.1, 0.15) is 18.1 Å². The number of anilines is 1. The van der Waals surface area contributed by atoms with E-state index < -0.39 is 0 Å². The Hall–Kier alpha value is -3.61. The van der Waals surface area contributed by atoms with Crippen molar-refractivity contribution in [2.75, 3.05) is 12.4 Å². The molecule has 1 atom stereocenters. The van der Waals surface area contributed by atoms with Crippen molar-refractivity contribution < 1.29 is 14.3 Å². The van der Waals surface area contributed by atoms with Gasteiger partial charge in [0.15, 0.2) is 5.50 Å². The summed E-state index contributed by atoms with van der Waals surface area (Å²) in [6.07, 6.45) is 1.87. The number of ether oxygens (including phenoxy) is 2. The molecule has 0 bridgehead atoms. The summed E-state index contributed by atoms with van der Waals surface area (Å²) < 4.78 is 11.4. The van der Waals surface area contributed by atoms with Crippen molar-refractivity contribution in [3.8, 4) is 11.5 Å². The molecule has 0 radical (unpaired) electrons. The summed E-state index contributed by atoms with van der Waals surface area (Å²) in [7, 11) is 1.59. The lowest BCUT2D eigenvalue weighted by atomic mass is 10.1. The quantitative estimate of drug-likeness (QED) is 0.276. The van der Waals surface area contributed by atoms with Gasteiger partial charge in [-0.1, -0.05) is 78.0 Å². The molecule has 0 aliphatic carbocycles. The van der Waals surface area contributed by atoms with E-state index in [9.17, 15) is 4.79 Å². The molecule has 4 aromatic rings. The van der Waals surface area contributed by atoms with Gasteiger partial charge in [0, 0.05) is 5.02 Å². The Balaban J connectivity index is 1.23. The second-order valence-corrected chi connectivity index (χ2v) is 9.55. The minimum Gasteiger partial charge on any atom is -0.495 e. The molecular formula is C28H23ClN2O3S. The van der Waals surface area contributed by atoms with Gasteiger partial charge in [-0.15, -0.1) is 0 Å². The fraction of sp³-hybridized carbons (Fsp3) is 0.107. The van der Waals surface area contributed by atoms with E-state index in [1.54, 1.807) is 25.3 Å². The summed E-state index contributed by atoms with van der Waals surface area (Å²) in [4.78, 5) is 13.1. The molecule has 176 valence electrons. The standard InChI is InChI=1S/C28H23ClN2O3S/c1-33-25-14-11-21(29)16-24(25)30-28-31-27(32)26(35-28)15-18-9-12-22(13-10-18)34-17-20-7-4-6-19-5-2-3-8-23(19)20/h2-16,28,30H,17H2,1H3,(H,31,32)/b26-15-. The van der Waals surface area contributed by atoms with Gasteiger partial charge in [-0.25, -0.2) is 0 Å². The highest BCUT2D eigenvalue weighted by atomic mass is 35.5. The van der Waals surface area contributed by atoms with Crippen LogP contribution in [-0.2, 0) is 11.4 Å². The first-order chi connectivity index (χ1) is 17.1. The third-order valence-electron chi connectivity index (χ3n) is 5.63. The second kappa shape index (κ2) is 10.3. The predicted molar refractivity (Wildman–Crippen MR) is 144 cm³/mol. The average molecular weight is 503 g/mol. The van der Waals surface area contributed by atoms with Gasteiger partial charge >= 0.3 is 0 Å². The van der Waals surface area contributed by atoms with E-state index in [1.807, 2.05) is 48.5 Å².